The fraction of sp³-hybridized carbons (Fsp3) is 0.652. The van der Waals surface area contributed by atoms with Crippen LogP contribution >= 0.6 is 0 Å². The average Bonchev–Trinajstić information content (AvgIpc) is 2.60. The molecule has 0 saturated carbocycles. The maximum Gasteiger partial charge on any atom is 0.309 e. The molecular weight excluding hydrogens is 356 g/mol. The van der Waals surface area contributed by atoms with Gasteiger partial charge in [-0.2, -0.15) is 0 Å². The summed E-state index contributed by atoms with van der Waals surface area (Å²) in [5.41, 5.74) is -0.573. The van der Waals surface area contributed by atoms with Crippen LogP contribution in [0.4, 0.5) is 0 Å². The summed E-state index contributed by atoms with van der Waals surface area (Å²) < 4.78 is 17.2. The van der Waals surface area contributed by atoms with Gasteiger partial charge in [0, 0.05) is 0 Å². The minimum atomic E-state index is -0.573. The van der Waals surface area contributed by atoms with Gasteiger partial charge in [-0.25, -0.2) is 0 Å². The van der Waals surface area contributed by atoms with E-state index >= 15 is 0 Å². The topological polar surface area (TPSA) is 61.8 Å². The summed E-state index contributed by atoms with van der Waals surface area (Å²) in [5.74, 6) is -0.452. The smallest absolute Gasteiger partial charge is 0.309 e. The second-order valence-corrected chi connectivity index (χ2v) is 8.31. The van der Waals surface area contributed by atoms with E-state index < -0.39 is 23.5 Å². The van der Waals surface area contributed by atoms with Crippen molar-refractivity contribution in [3.8, 4) is 5.75 Å². The van der Waals surface area contributed by atoms with Gasteiger partial charge in [0.2, 0.25) is 0 Å². The molecule has 0 aromatic heterocycles. The number of carbonyl (C=O) groups excluding carboxylic acids is 2. The van der Waals surface area contributed by atoms with Crippen molar-refractivity contribution in [3.05, 3.63) is 30.3 Å². The number of benzene rings is 1. The fourth-order valence-electron chi connectivity index (χ4n) is 3.08. The van der Waals surface area contributed by atoms with Gasteiger partial charge in [-0.05, 0) is 58.6 Å². The predicted octanol–water partition coefficient (Wildman–Crippen LogP) is 5.17. The zero-order valence-electron chi connectivity index (χ0n) is 18.4. The molecule has 158 valence electrons. The van der Waals surface area contributed by atoms with Gasteiger partial charge in [0.05, 0.1) is 12.3 Å². The van der Waals surface area contributed by atoms with Gasteiger partial charge in [-0.3, -0.25) is 9.59 Å². The Kier molecular flexibility index (Phi) is 9.50. The number of ether oxygens (including phenoxy) is 3. The second-order valence-electron chi connectivity index (χ2n) is 8.31. The molecule has 0 spiro atoms. The lowest BCUT2D eigenvalue weighted by molar-refractivity contribution is -0.168. The Morgan fingerprint density at radius 2 is 1.57 bits per heavy atom. The average molecular weight is 393 g/mol. The van der Waals surface area contributed by atoms with Crippen molar-refractivity contribution in [2.75, 3.05) is 0 Å². The lowest BCUT2D eigenvalue weighted by Crippen LogP contribution is -2.40. The first-order valence-electron chi connectivity index (χ1n) is 10.2. The van der Waals surface area contributed by atoms with Crippen LogP contribution in [-0.2, 0) is 19.1 Å². The van der Waals surface area contributed by atoms with Crippen molar-refractivity contribution in [2.24, 2.45) is 11.8 Å². The molecule has 1 aromatic carbocycles. The van der Waals surface area contributed by atoms with Crippen LogP contribution in [0.2, 0.25) is 0 Å². The molecule has 0 aliphatic rings. The largest absolute Gasteiger partial charge is 0.487 e. The zero-order chi connectivity index (χ0) is 21.3. The van der Waals surface area contributed by atoms with E-state index in [1.807, 2.05) is 37.3 Å². The van der Waals surface area contributed by atoms with E-state index in [0.29, 0.717) is 0 Å². The molecule has 0 amide bonds. The molecule has 28 heavy (non-hydrogen) atoms. The number of carbonyl (C=O) groups is 2. The monoisotopic (exact) mass is 392 g/mol. The quantitative estimate of drug-likeness (QED) is 0.514. The first-order valence-corrected chi connectivity index (χ1v) is 10.2. The molecule has 0 aliphatic heterocycles. The molecule has 0 saturated heterocycles. The van der Waals surface area contributed by atoms with Crippen LogP contribution < -0.4 is 4.74 Å². The van der Waals surface area contributed by atoms with E-state index in [1.165, 1.54) is 0 Å². The summed E-state index contributed by atoms with van der Waals surface area (Å²) >= 11 is 0. The van der Waals surface area contributed by atoms with Crippen LogP contribution in [0.15, 0.2) is 30.3 Å². The molecule has 0 N–H and O–H groups in total. The minimum absolute atomic E-state index is 0.000334. The summed E-state index contributed by atoms with van der Waals surface area (Å²) in [4.78, 5) is 24.7. The van der Waals surface area contributed by atoms with Gasteiger partial charge >= 0.3 is 11.9 Å². The molecule has 1 aromatic rings. The lowest BCUT2D eigenvalue weighted by atomic mass is 9.92. The lowest BCUT2D eigenvalue weighted by Gasteiger charge is -2.31. The summed E-state index contributed by atoms with van der Waals surface area (Å²) in [6, 6.07) is 9.50. The highest BCUT2D eigenvalue weighted by Gasteiger charge is 2.32. The predicted molar refractivity (Wildman–Crippen MR) is 110 cm³/mol. The zero-order valence-corrected chi connectivity index (χ0v) is 18.4. The minimum Gasteiger partial charge on any atom is -0.487 e. The van der Waals surface area contributed by atoms with Gasteiger partial charge in [-0.1, -0.05) is 39.0 Å². The number of hydrogen-bond acceptors (Lipinski definition) is 5. The van der Waals surface area contributed by atoms with Gasteiger partial charge in [0.15, 0.2) is 0 Å². The Labute approximate surface area is 169 Å². The highest BCUT2D eigenvalue weighted by molar-refractivity contribution is 5.80. The number of rotatable bonds is 10. The van der Waals surface area contributed by atoms with Crippen molar-refractivity contribution >= 4 is 11.9 Å². The molecule has 0 bridgehead atoms. The molecule has 0 fully saturated rings. The second kappa shape index (κ2) is 11.1. The van der Waals surface area contributed by atoms with Gasteiger partial charge in [0.25, 0.3) is 0 Å². The van der Waals surface area contributed by atoms with Crippen molar-refractivity contribution in [1.82, 2.24) is 0 Å². The number of hydrogen-bond donors (Lipinski definition) is 0. The van der Waals surface area contributed by atoms with Gasteiger partial charge in [0.1, 0.15) is 23.6 Å². The Hall–Kier alpha value is -2.04. The molecule has 0 aliphatic carbocycles. The third-order valence-electron chi connectivity index (χ3n) is 4.59. The highest BCUT2D eigenvalue weighted by atomic mass is 16.6. The molecule has 0 radical (unpaired) electrons. The Morgan fingerprint density at radius 3 is 2.07 bits per heavy atom. The van der Waals surface area contributed by atoms with Crippen LogP contribution in [0, 0.1) is 11.8 Å². The van der Waals surface area contributed by atoms with Crippen molar-refractivity contribution < 1.29 is 23.8 Å². The Balaban J connectivity index is 2.79. The van der Waals surface area contributed by atoms with Gasteiger partial charge in [-0.15, -0.1) is 0 Å². The summed E-state index contributed by atoms with van der Waals surface area (Å²) in [6.45, 7) is 13.2. The van der Waals surface area contributed by atoms with E-state index in [-0.39, 0.29) is 24.5 Å². The molecule has 1 rings (SSSR count). The van der Waals surface area contributed by atoms with E-state index in [0.717, 1.165) is 18.6 Å². The fourth-order valence-corrected chi connectivity index (χ4v) is 3.08. The molecular formula is C23H36O5. The number of esters is 2. The third kappa shape index (κ3) is 8.32. The van der Waals surface area contributed by atoms with Crippen LogP contribution in [0.5, 0.6) is 5.75 Å². The summed E-state index contributed by atoms with van der Waals surface area (Å²) in [5, 5.41) is 0. The molecule has 0 unspecified atom stereocenters. The standard InChI is InChI=1S/C23H36O5/c1-8-18(9-2)21(17(4)26-19-13-11-10-12-14-19)27-22(25)16(3)15-20(24)28-23(5,6)7/h10-14,16-18,21H,8-9,15H2,1-7H3/t16-,17+,21+/m1/s1. The number of para-hydroxylation sites is 1. The van der Waals surface area contributed by atoms with E-state index in [2.05, 4.69) is 13.8 Å². The Morgan fingerprint density at radius 1 is 1.00 bits per heavy atom. The van der Waals surface area contributed by atoms with Crippen molar-refractivity contribution in [2.45, 2.75) is 85.5 Å². The first-order chi connectivity index (χ1) is 13.1. The SMILES string of the molecule is CCC(CC)[C@@H](OC(=O)[C@H](C)CC(=O)OC(C)(C)C)[C@H](C)Oc1ccccc1. The first kappa shape index (κ1) is 24.0. The third-order valence-corrected chi connectivity index (χ3v) is 4.59. The van der Waals surface area contributed by atoms with Crippen molar-refractivity contribution in [1.29, 1.82) is 0 Å². The molecule has 0 heterocycles. The normalized spacial score (nSPS) is 14.9. The van der Waals surface area contributed by atoms with Crippen molar-refractivity contribution in [3.63, 3.8) is 0 Å². The van der Waals surface area contributed by atoms with Crippen LogP contribution in [0.25, 0.3) is 0 Å². The van der Waals surface area contributed by atoms with E-state index in [4.69, 9.17) is 14.2 Å². The highest BCUT2D eigenvalue weighted by Crippen LogP contribution is 2.25. The maximum atomic E-state index is 12.7. The Bertz CT molecular complexity index is 601. The van der Waals surface area contributed by atoms with Crippen LogP contribution in [0.1, 0.15) is 67.7 Å². The molecule has 5 nitrogen and oxygen atoms in total. The van der Waals surface area contributed by atoms with Gasteiger partial charge < -0.3 is 14.2 Å². The van der Waals surface area contributed by atoms with E-state index in [9.17, 15) is 9.59 Å². The molecule has 5 heteroatoms. The summed E-state index contributed by atoms with van der Waals surface area (Å²) in [6.07, 6.45) is 1.06. The maximum absolute atomic E-state index is 12.7. The van der Waals surface area contributed by atoms with Crippen LogP contribution in [0.3, 0.4) is 0 Å². The van der Waals surface area contributed by atoms with Crippen LogP contribution in [-0.4, -0.2) is 29.7 Å². The van der Waals surface area contributed by atoms with E-state index in [1.54, 1.807) is 27.7 Å². The molecule has 3 atom stereocenters. The summed E-state index contributed by atoms with van der Waals surface area (Å²) in [7, 11) is 0.